The highest BCUT2D eigenvalue weighted by Crippen LogP contribution is 2.29. The number of fused-ring (bicyclic) bond motifs is 1. The van der Waals surface area contributed by atoms with E-state index in [2.05, 4.69) is 25.5 Å². The number of aromatic amines is 1. The van der Waals surface area contributed by atoms with E-state index in [4.69, 9.17) is 16.3 Å². The number of H-pyrrole nitrogens is 1. The first-order chi connectivity index (χ1) is 10.2. The van der Waals surface area contributed by atoms with Gasteiger partial charge in [0.2, 0.25) is 11.8 Å². The molecule has 0 saturated heterocycles. The van der Waals surface area contributed by atoms with Crippen molar-refractivity contribution < 1.29 is 9.13 Å². The molecule has 2 heterocycles. The molecule has 0 aliphatic heterocycles. The molecular formula is C13H11ClFN5O. The molecule has 108 valence electrons. The smallest absolute Gasteiger partial charge is 0.235 e. The van der Waals surface area contributed by atoms with Gasteiger partial charge < -0.3 is 10.1 Å². The highest BCUT2D eigenvalue weighted by atomic mass is 35.5. The SMILES string of the molecule is CCNc1nc(Oc2ccc(Cl)c(F)c2)c2cn[nH]c2n1. The number of nitrogens with zero attached hydrogens (tertiary/aromatic N) is 3. The minimum Gasteiger partial charge on any atom is -0.438 e. The van der Waals surface area contributed by atoms with E-state index < -0.39 is 5.82 Å². The number of rotatable bonds is 4. The summed E-state index contributed by atoms with van der Waals surface area (Å²) in [5.74, 6) is 0.421. The second-order valence-electron chi connectivity index (χ2n) is 4.19. The normalized spacial score (nSPS) is 10.8. The quantitative estimate of drug-likeness (QED) is 0.773. The highest BCUT2D eigenvalue weighted by Gasteiger charge is 2.12. The fourth-order valence-corrected chi connectivity index (χ4v) is 1.89. The number of hydrogen-bond donors (Lipinski definition) is 2. The summed E-state index contributed by atoms with van der Waals surface area (Å²) in [5, 5.41) is 10.3. The molecule has 3 rings (SSSR count). The van der Waals surface area contributed by atoms with Crippen LogP contribution in [0, 0.1) is 5.82 Å². The van der Waals surface area contributed by atoms with Crippen LogP contribution in [0.5, 0.6) is 11.6 Å². The van der Waals surface area contributed by atoms with E-state index in [1.165, 1.54) is 12.1 Å². The van der Waals surface area contributed by atoms with Crippen molar-refractivity contribution in [3.8, 4) is 11.6 Å². The third-order valence-electron chi connectivity index (χ3n) is 2.72. The summed E-state index contributed by atoms with van der Waals surface area (Å²) in [4.78, 5) is 8.49. The maximum absolute atomic E-state index is 13.5. The Morgan fingerprint density at radius 1 is 1.38 bits per heavy atom. The van der Waals surface area contributed by atoms with Gasteiger partial charge in [-0.2, -0.15) is 15.1 Å². The molecule has 2 N–H and O–H groups in total. The van der Waals surface area contributed by atoms with Crippen molar-refractivity contribution in [1.82, 2.24) is 20.2 Å². The highest BCUT2D eigenvalue weighted by molar-refractivity contribution is 6.30. The summed E-state index contributed by atoms with van der Waals surface area (Å²) < 4.78 is 19.1. The van der Waals surface area contributed by atoms with Crippen molar-refractivity contribution >= 4 is 28.6 Å². The first-order valence-electron chi connectivity index (χ1n) is 6.25. The molecule has 0 radical (unpaired) electrons. The van der Waals surface area contributed by atoms with Crippen LogP contribution in [0.1, 0.15) is 6.92 Å². The van der Waals surface area contributed by atoms with Crippen LogP contribution in [-0.4, -0.2) is 26.7 Å². The first kappa shape index (κ1) is 13.6. The standard InChI is InChI=1S/C13H11ClFN5O/c1-2-16-13-18-11-8(6-17-20-11)12(19-13)21-7-3-4-9(14)10(15)5-7/h3-6H,2H2,1H3,(H2,16,17,18,19,20). The molecule has 0 amide bonds. The molecule has 8 heteroatoms. The lowest BCUT2D eigenvalue weighted by Gasteiger charge is -2.08. The maximum Gasteiger partial charge on any atom is 0.235 e. The summed E-state index contributed by atoms with van der Waals surface area (Å²) in [7, 11) is 0. The van der Waals surface area contributed by atoms with Crippen molar-refractivity contribution in [2.75, 3.05) is 11.9 Å². The van der Waals surface area contributed by atoms with E-state index in [-0.39, 0.29) is 10.9 Å². The van der Waals surface area contributed by atoms with Gasteiger partial charge in [0.15, 0.2) is 5.65 Å². The summed E-state index contributed by atoms with van der Waals surface area (Å²) in [5.41, 5.74) is 0.533. The van der Waals surface area contributed by atoms with E-state index in [9.17, 15) is 4.39 Å². The largest absolute Gasteiger partial charge is 0.438 e. The molecule has 3 aromatic rings. The van der Waals surface area contributed by atoms with E-state index in [1.54, 1.807) is 12.3 Å². The second kappa shape index (κ2) is 5.53. The predicted octanol–water partition coefficient (Wildman–Crippen LogP) is 3.37. The molecule has 0 spiro atoms. The molecule has 0 atom stereocenters. The minimum absolute atomic E-state index is 0.0341. The molecular weight excluding hydrogens is 297 g/mol. The molecule has 6 nitrogen and oxygen atoms in total. The van der Waals surface area contributed by atoms with Gasteiger partial charge >= 0.3 is 0 Å². The summed E-state index contributed by atoms with van der Waals surface area (Å²) in [6, 6.07) is 4.18. The number of ether oxygens (including phenoxy) is 1. The summed E-state index contributed by atoms with van der Waals surface area (Å²) in [6.07, 6.45) is 1.55. The summed E-state index contributed by atoms with van der Waals surface area (Å²) >= 11 is 5.65. The maximum atomic E-state index is 13.5. The molecule has 0 aliphatic carbocycles. The van der Waals surface area contributed by atoms with Crippen LogP contribution >= 0.6 is 11.6 Å². The fourth-order valence-electron chi connectivity index (χ4n) is 1.78. The van der Waals surface area contributed by atoms with Crippen molar-refractivity contribution in [3.05, 3.63) is 35.2 Å². The van der Waals surface area contributed by atoms with Crippen molar-refractivity contribution in [1.29, 1.82) is 0 Å². The summed E-state index contributed by atoms with van der Waals surface area (Å²) in [6.45, 7) is 2.59. The lowest BCUT2D eigenvalue weighted by Crippen LogP contribution is -2.03. The van der Waals surface area contributed by atoms with E-state index in [0.29, 0.717) is 29.3 Å². The molecule has 21 heavy (non-hydrogen) atoms. The van der Waals surface area contributed by atoms with Crippen LogP contribution in [0.4, 0.5) is 10.3 Å². The van der Waals surface area contributed by atoms with Gasteiger partial charge in [0.25, 0.3) is 0 Å². The number of benzene rings is 1. The molecule has 0 saturated carbocycles. The molecule has 0 fully saturated rings. The molecule has 0 aliphatic rings. The van der Waals surface area contributed by atoms with Crippen molar-refractivity contribution in [2.45, 2.75) is 6.92 Å². The molecule has 2 aromatic heterocycles. The number of aromatic nitrogens is 4. The van der Waals surface area contributed by atoms with Gasteiger partial charge in [-0.3, -0.25) is 5.10 Å². The van der Waals surface area contributed by atoms with E-state index >= 15 is 0 Å². The van der Waals surface area contributed by atoms with Crippen LogP contribution in [0.2, 0.25) is 5.02 Å². The number of nitrogens with one attached hydrogen (secondary N) is 2. The Bertz CT molecular complexity index is 791. The number of hydrogen-bond acceptors (Lipinski definition) is 5. The van der Waals surface area contributed by atoms with Crippen molar-refractivity contribution in [2.24, 2.45) is 0 Å². The lowest BCUT2D eigenvalue weighted by molar-refractivity contribution is 0.464. The minimum atomic E-state index is -0.557. The average Bonchev–Trinajstić information content (AvgIpc) is 2.92. The third-order valence-corrected chi connectivity index (χ3v) is 3.02. The van der Waals surface area contributed by atoms with Gasteiger partial charge in [-0.15, -0.1) is 0 Å². The van der Waals surface area contributed by atoms with Crippen LogP contribution in [0.3, 0.4) is 0 Å². The van der Waals surface area contributed by atoms with Gasteiger partial charge in [0, 0.05) is 12.6 Å². The van der Waals surface area contributed by atoms with E-state index in [0.717, 1.165) is 0 Å². The van der Waals surface area contributed by atoms with Crippen molar-refractivity contribution in [3.63, 3.8) is 0 Å². The Balaban J connectivity index is 2.01. The van der Waals surface area contributed by atoms with Crippen LogP contribution in [0.25, 0.3) is 11.0 Å². The van der Waals surface area contributed by atoms with Gasteiger partial charge in [-0.25, -0.2) is 4.39 Å². The van der Waals surface area contributed by atoms with Crippen LogP contribution < -0.4 is 10.1 Å². The zero-order valence-electron chi connectivity index (χ0n) is 11.0. The van der Waals surface area contributed by atoms with Gasteiger partial charge in [0.05, 0.1) is 11.2 Å². The Hall–Kier alpha value is -2.41. The first-order valence-corrected chi connectivity index (χ1v) is 6.63. The van der Waals surface area contributed by atoms with Gasteiger partial charge in [-0.05, 0) is 19.1 Å². The zero-order valence-corrected chi connectivity index (χ0v) is 11.8. The average molecular weight is 308 g/mol. The second-order valence-corrected chi connectivity index (χ2v) is 4.60. The number of halogens is 2. The Morgan fingerprint density at radius 3 is 3.00 bits per heavy atom. The zero-order chi connectivity index (χ0) is 14.8. The van der Waals surface area contributed by atoms with Gasteiger partial charge in [-0.1, -0.05) is 11.6 Å². The molecule has 0 unspecified atom stereocenters. The Morgan fingerprint density at radius 2 is 2.24 bits per heavy atom. The molecule has 0 bridgehead atoms. The molecule has 1 aromatic carbocycles. The Labute approximate surface area is 124 Å². The predicted molar refractivity (Wildman–Crippen MR) is 77.3 cm³/mol. The third kappa shape index (κ3) is 2.73. The monoisotopic (exact) mass is 307 g/mol. The Kier molecular flexibility index (Phi) is 3.57. The fraction of sp³-hybridized carbons (Fsp3) is 0.154. The van der Waals surface area contributed by atoms with Crippen LogP contribution in [0.15, 0.2) is 24.4 Å². The van der Waals surface area contributed by atoms with Gasteiger partial charge in [0.1, 0.15) is 17.0 Å². The van der Waals surface area contributed by atoms with Crippen LogP contribution in [-0.2, 0) is 0 Å². The van der Waals surface area contributed by atoms with E-state index in [1.807, 2.05) is 6.92 Å². The topological polar surface area (TPSA) is 75.7 Å². The lowest BCUT2D eigenvalue weighted by atomic mass is 10.3. The number of anilines is 1.